The number of halogens is 1. The van der Waals surface area contributed by atoms with Gasteiger partial charge in [0, 0.05) is 16.1 Å². The van der Waals surface area contributed by atoms with Crippen molar-refractivity contribution in [3.8, 4) is 22.6 Å². The summed E-state index contributed by atoms with van der Waals surface area (Å²) in [4.78, 5) is -0.161. The van der Waals surface area contributed by atoms with E-state index in [1.807, 2.05) is 31.2 Å². The van der Waals surface area contributed by atoms with Crippen LogP contribution in [0.5, 0.6) is 11.5 Å². The summed E-state index contributed by atoms with van der Waals surface area (Å²) in [7, 11) is -1.31. The molecule has 3 aromatic carbocycles. The standard InChI is InChI=1S/C24H25ClO5S/c1-16-11-14-23(31(26,27)28)24(20-15-18(25)12-13-22(20)30-3)19(16)9-6-8-17-7-4-5-10-21(17)29-2/h4-5,7,10-15H,6,8-9H2,1-3H3,(H,26,27,28). The van der Waals surface area contributed by atoms with Crippen molar-refractivity contribution in [3.63, 3.8) is 0 Å². The lowest BCUT2D eigenvalue weighted by atomic mass is 9.91. The van der Waals surface area contributed by atoms with Gasteiger partial charge in [0.1, 0.15) is 16.4 Å². The van der Waals surface area contributed by atoms with Crippen molar-refractivity contribution >= 4 is 21.7 Å². The Balaban J connectivity index is 2.09. The van der Waals surface area contributed by atoms with Crippen LogP contribution in [0.3, 0.4) is 0 Å². The van der Waals surface area contributed by atoms with E-state index in [0.29, 0.717) is 28.3 Å². The van der Waals surface area contributed by atoms with Crippen LogP contribution in [0.2, 0.25) is 5.02 Å². The predicted molar refractivity (Wildman–Crippen MR) is 123 cm³/mol. The van der Waals surface area contributed by atoms with Crippen LogP contribution < -0.4 is 9.47 Å². The summed E-state index contributed by atoms with van der Waals surface area (Å²) in [5.74, 6) is 1.30. The molecule has 164 valence electrons. The minimum absolute atomic E-state index is 0.161. The van der Waals surface area contributed by atoms with Crippen molar-refractivity contribution < 1.29 is 22.4 Å². The molecule has 3 aromatic rings. The summed E-state index contributed by atoms with van der Waals surface area (Å²) in [5, 5.41) is 0.443. The second kappa shape index (κ2) is 9.73. The van der Waals surface area contributed by atoms with E-state index in [1.54, 1.807) is 31.4 Å². The molecule has 0 bridgehead atoms. The van der Waals surface area contributed by atoms with Gasteiger partial charge in [-0.3, -0.25) is 4.55 Å². The van der Waals surface area contributed by atoms with E-state index in [4.69, 9.17) is 21.1 Å². The first-order chi connectivity index (χ1) is 14.8. The number of para-hydroxylation sites is 1. The molecule has 0 atom stereocenters. The zero-order chi connectivity index (χ0) is 22.6. The fourth-order valence-electron chi connectivity index (χ4n) is 3.80. The zero-order valence-corrected chi connectivity index (χ0v) is 19.3. The highest BCUT2D eigenvalue weighted by atomic mass is 35.5. The van der Waals surface area contributed by atoms with Gasteiger partial charge in [0.2, 0.25) is 0 Å². The van der Waals surface area contributed by atoms with E-state index in [2.05, 4.69) is 0 Å². The Morgan fingerprint density at radius 1 is 0.935 bits per heavy atom. The maximum atomic E-state index is 12.2. The lowest BCUT2D eigenvalue weighted by molar-refractivity contribution is 0.409. The molecule has 0 aliphatic rings. The van der Waals surface area contributed by atoms with Gasteiger partial charge in [0.25, 0.3) is 10.1 Å². The molecule has 0 saturated carbocycles. The van der Waals surface area contributed by atoms with Gasteiger partial charge in [-0.1, -0.05) is 35.9 Å². The van der Waals surface area contributed by atoms with Crippen molar-refractivity contribution in [2.75, 3.05) is 14.2 Å². The molecule has 0 fully saturated rings. The fourth-order valence-corrected chi connectivity index (χ4v) is 4.71. The third kappa shape index (κ3) is 5.21. The Kier molecular flexibility index (Phi) is 7.26. The largest absolute Gasteiger partial charge is 0.496 e. The number of ether oxygens (including phenoxy) is 2. The van der Waals surface area contributed by atoms with Crippen molar-refractivity contribution in [2.45, 2.75) is 31.1 Å². The first kappa shape index (κ1) is 23.1. The number of methoxy groups -OCH3 is 2. The highest BCUT2D eigenvalue weighted by Crippen LogP contribution is 2.40. The molecule has 0 amide bonds. The Bertz CT molecular complexity index is 1190. The molecule has 0 aliphatic heterocycles. The summed E-state index contributed by atoms with van der Waals surface area (Å²) < 4.78 is 45.3. The van der Waals surface area contributed by atoms with Gasteiger partial charge in [0.15, 0.2) is 0 Å². The molecule has 0 heterocycles. The Hall–Kier alpha value is -2.54. The van der Waals surface area contributed by atoms with E-state index in [9.17, 15) is 13.0 Å². The molecule has 0 radical (unpaired) electrons. The smallest absolute Gasteiger partial charge is 0.295 e. The zero-order valence-electron chi connectivity index (χ0n) is 17.7. The van der Waals surface area contributed by atoms with E-state index < -0.39 is 10.1 Å². The molecule has 3 rings (SSSR count). The first-order valence-electron chi connectivity index (χ1n) is 9.82. The lowest BCUT2D eigenvalue weighted by Crippen LogP contribution is -2.07. The van der Waals surface area contributed by atoms with Crippen molar-refractivity contribution in [3.05, 3.63) is 76.3 Å². The quantitative estimate of drug-likeness (QED) is 0.433. The third-order valence-corrected chi connectivity index (χ3v) is 6.41. The third-order valence-electron chi connectivity index (χ3n) is 5.28. The minimum atomic E-state index is -4.47. The molecule has 1 N–H and O–H groups in total. The first-order valence-corrected chi connectivity index (χ1v) is 11.6. The van der Waals surface area contributed by atoms with Crippen LogP contribution in [0.15, 0.2) is 59.5 Å². The Labute approximate surface area is 188 Å². The van der Waals surface area contributed by atoms with Crippen LogP contribution in [0.25, 0.3) is 11.1 Å². The van der Waals surface area contributed by atoms with Crippen LogP contribution in [0, 0.1) is 6.92 Å². The topological polar surface area (TPSA) is 72.8 Å². The van der Waals surface area contributed by atoms with Crippen LogP contribution in [0.1, 0.15) is 23.1 Å². The summed E-state index contributed by atoms with van der Waals surface area (Å²) in [6, 6.07) is 16.0. The molecule has 0 aromatic heterocycles. The molecule has 0 unspecified atom stereocenters. The molecule has 0 aliphatic carbocycles. The number of benzene rings is 3. The molecule has 0 saturated heterocycles. The van der Waals surface area contributed by atoms with Gasteiger partial charge in [-0.25, -0.2) is 0 Å². The van der Waals surface area contributed by atoms with Crippen molar-refractivity contribution in [1.29, 1.82) is 0 Å². The second-order valence-corrected chi connectivity index (χ2v) is 9.05. The monoisotopic (exact) mass is 460 g/mol. The summed E-state index contributed by atoms with van der Waals surface area (Å²) >= 11 is 6.22. The van der Waals surface area contributed by atoms with E-state index in [1.165, 1.54) is 13.2 Å². The van der Waals surface area contributed by atoms with Crippen LogP contribution >= 0.6 is 11.6 Å². The Morgan fingerprint density at radius 2 is 1.65 bits per heavy atom. The molecule has 5 nitrogen and oxygen atoms in total. The van der Waals surface area contributed by atoms with E-state index >= 15 is 0 Å². The van der Waals surface area contributed by atoms with Gasteiger partial charge in [-0.15, -0.1) is 0 Å². The maximum absolute atomic E-state index is 12.2. The molecule has 31 heavy (non-hydrogen) atoms. The van der Waals surface area contributed by atoms with Gasteiger partial charge >= 0.3 is 0 Å². The average Bonchev–Trinajstić information content (AvgIpc) is 2.74. The number of hydrogen-bond donors (Lipinski definition) is 1. The van der Waals surface area contributed by atoms with Crippen LogP contribution in [0.4, 0.5) is 0 Å². The van der Waals surface area contributed by atoms with Crippen molar-refractivity contribution in [2.24, 2.45) is 0 Å². The SMILES string of the molecule is COc1ccccc1CCCc1c(C)ccc(S(=O)(=O)O)c1-c1cc(Cl)ccc1OC. The van der Waals surface area contributed by atoms with Gasteiger partial charge in [-0.2, -0.15) is 8.42 Å². The van der Waals surface area contributed by atoms with E-state index in [-0.39, 0.29) is 4.90 Å². The number of aryl methyl sites for hydroxylation is 2. The summed E-state index contributed by atoms with van der Waals surface area (Å²) in [5.41, 5.74) is 3.77. The molecular formula is C24H25ClO5S. The van der Waals surface area contributed by atoms with Crippen LogP contribution in [-0.4, -0.2) is 27.2 Å². The summed E-state index contributed by atoms with van der Waals surface area (Å²) in [6.45, 7) is 1.92. The van der Waals surface area contributed by atoms with Gasteiger partial charge < -0.3 is 9.47 Å². The van der Waals surface area contributed by atoms with Crippen LogP contribution in [-0.2, 0) is 23.0 Å². The number of hydrogen-bond acceptors (Lipinski definition) is 4. The summed E-state index contributed by atoms with van der Waals surface area (Å²) in [6.07, 6.45) is 2.11. The lowest BCUT2D eigenvalue weighted by Gasteiger charge is -2.19. The average molecular weight is 461 g/mol. The second-order valence-electron chi connectivity index (χ2n) is 7.22. The Morgan fingerprint density at radius 3 is 2.32 bits per heavy atom. The normalized spacial score (nSPS) is 11.4. The van der Waals surface area contributed by atoms with E-state index in [0.717, 1.165) is 35.3 Å². The number of rotatable bonds is 8. The highest BCUT2D eigenvalue weighted by molar-refractivity contribution is 7.86. The fraction of sp³-hybridized carbons (Fsp3) is 0.250. The predicted octanol–water partition coefficient (Wildman–Crippen LogP) is 5.75. The van der Waals surface area contributed by atoms with Crippen molar-refractivity contribution in [1.82, 2.24) is 0 Å². The molecule has 7 heteroatoms. The molecular weight excluding hydrogens is 436 g/mol. The van der Waals surface area contributed by atoms with Gasteiger partial charge in [-0.05, 0) is 73.2 Å². The highest BCUT2D eigenvalue weighted by Gasteiger charge is 2.24. The van der Waals surface area contributed by atoms with Gasteiger partial charge in [0.05, 0.1) is 14.2 Å². The maximum Gasteiger partial charge on any atom is 0.295 e. The molecule has 0 spiro atoms. The minimum Gasteiger partial charge on any atom is -0.496 e.